The Morgan fingerprint density at radius 3 is 2.56 bits per heavy atom. The number of amides is 1. The van der Waals surface area contributed by atoms with Crippen molar-refractivity contribution in [1.29, 1.82) is 0 Å². The lowest BCUT2D eigenvalue weighted by Gasteiger charge is -2.14. The molecule has 2 rings (SSSR count). The van der Waals surface area contributed by atoms with Crippen LogP contribution in [0.15, 0.2) is 42.5 Å². The minimum Gasteiger partial charge on any atom is -0.462 e. The molecule has 5 nitrogen and oxygen atoms in total. The van der Waals surface area contributed by atoms with Gasteiger partial charge in [-0.1, -0.05) is 31.4 Å². The molecule has 2 aromatic carbocycles. The standard InChI is InChI=1S/C22H24N2O3/c1-4-7-14-23-19-13-12-16(5-2)15-18(19)21(25)24-20-11-9-8-10-17(20)22(26)27-6-3/h2,8-13,15,23H,4,6-7,14H2,1,3H3,(H,24,25). The van der Waals surface area contributed by atoms with Gasteiger partial charge < -0.3 is 15.4 Å². The Labute approximate surface area is 160 Å². The second kappa shape index (κ2) is 10.0. The van der Waals surface area contributed by atoms with Gasteiger partial charge in [0.05, 0.1) is 23.4 Å². The number of ether oxygens (including phenoxy) is 1. The van der Waals surface area contributed by atoms with Gasteiger partial charge in [0.1, 0.15) is 0 Å². The van der Waals surface area contributed by atoms with Crippen molar-refractivity contribution in [2.75, 3.05) is 23.8 Å². The quantitative estimate of drug-likeness (QED) is 0.416. The Balaban J connectivity index is 2.30. The predicted molar refractivity (Wildman–Crippen MR) is 108 cm³/mol. The molecule has 0 aliphatic heterocycles. The van der Waals surface area contributed by atoms with Gasteiger partial charge in [-0.15, -0.1) is 6.42 Å². The average molecular weight is 364 g/mol. The summed E-state index contributed by atoms with van der Waals surface area (Å²) in [4.78, 5) is 25.0. The molecule has 0 aromatic heterocycles. The molecule has 2 aromatic rings. The summed E-state index contributed by atoms with van der Waals surface area (Å²) in [7, 11) is 0. The molecule has 1 amide bonds. The molecule has 0 aliphatic carbocycles. The fourth-order valence-corrected chi connectivity index (χ4v) is 2.54. The highest BCUT2D eigenvalue weighted by molar-refractivity contribution is 6.10. The Morgan fingerprint density at radius 1 is 1.07 bits per heavy atom. The zero-order valence-corrected chi connectivity index (χ0v) is 15.7. The summed E-state index contributed by atoms with van der Waals surface area (Å²) >= 11 is 0. The van der Waals surface area contributed by atoms with E-state index in [1.165, 1.54) is 0 Å². The summed E-state index contributed by atoms with van der Waals surface area (Å²) in [6.07, 6.45) is 7.51. The third-order valence-electron chi connectivity index (χ3n) is 3.95. The summed E-state index contributed by atoms with van der Waals surface area (Å²) in [5.41, 5.74) is 2.45. The number of para-hydroxylation sites is 1. The van der Waals surface area contributed by atoms with Crippen LogP contribution in [-0.2, 0) is 4.74 Å². The van der Waals surface area contributed by atoms with Gasteiger partial charge >= 0.3 is 5.97 Å². The van der Waals surface area contributed by atoms with Crippen LogP contribution in [0.2, 0.25) is 0 Å². The molecule has 2 N–H and O–H groups in total. The van der Waals surface area contributed by atoms with Gasteiger partial charge in [-0.2, -0.15) is 0 Å². The summed E-state index contributed by atoms with van der Waals surface area (Å²) in [6, 6.07) is 12.0. The number of carbonyl (C=O) groups excluding carboxylic acids is 2. The molecular formula is C22H24N2O3. The summed E-state index contributed by atoms with van der Waals surface area (Å²) < 4.78 is 5.05. The van der Waals surface area contributed by atoms with Crippen molar-refractivity contribution in [3.05, 3.63) is 59.2 Å². The van der Waals surface area contributed by atoms with E-state index < -0.39 is 5.97 Å². The van der Waals surface area contributed by atoms with Crippen molar-refractivity contribution < 1.29 is 14.3 Å². The summed E-state index contributed by atoms with van der Waals surface area (Å²) in [5, 5.41) is 6.07. The maximum atomic E-state index is 12.9. The third-order valence-corrected chi connectivity index (χ3v) is 3.95. The number of carbonyl (C=O) groups is 2. The van der Waals surface area contributed by atoms with Crippen molar-refractivity contribution in [2.45, 2.75) is 26.7 Å². The summed E-state index contributed by atoms with van der Waals surface area (Å²) in [6.45, 7) is 4.85. The van der Waals surface area contributed by atoms with Gasteiger partial charge in [0.25, 0.3) is 5.91 Å². The molecule has 0 atom stereocenters. The monoisotopic (exact) mass is 364 g/mol. The van der Waals surface area contributed by atoms with E-state index in [1.807, 2.05) is 0 Å². The molecule has 0 spiro atoms. The maximum absolute atomic E-state index is 12.9. The molecular weight excluding hydrogens is 340 g/mol. The van der Waals surface area contributed by atoms with Crippen LogP contribution < -0.4 is 10.6 Å². The Hall–Kier alpha value is -3.26. The first kappa shape index (κ1) is 20.1. The van der Waals surface area contributed by atoms with Gasteiger partial charge in [-0.3, -0.25) is 4.79 Å². The molecule has 0 fully saturated rings. The summed E-state index contributed by atoms with van der Waals surface area (Å²) in [5.74, 6) is 1.72. The highest BCUT2D eigenvalue weighted by atomic mass is 16.5. The van der Waals surface area contributed by atoms with E-state index in [2.05, 4.69) is 23.5 Å². The average Bonchev–Trinajstić information content (AvgIpc) is 2.69. The van der Waals surface area contributed by atoms with Crippen LogP contribution in [-0.4, -0.2) is 25.0 Å². The van der Waals surface area contributed by atoms with E-state index >= 15 is 0 Å². The minimum absolute atomic E-state index is 0.261. The zero-order valence-electron chi connectivity index (χ0n) is 15.7. The fourth-order valence-electron chi connectivity index (χ4n) is 2.54. The van der Waals surface area contributed by atoms with Crippen LogP contribution in [0.5, 0.6) is 0 Å². The van der Waals surface area contributed by atoms with Gasteiger partial charge in [0.2, 0.25) is 0 Å². The van der Waals surface area contributed by atoms with Crippen LogP contribution in [0, 0.1) is 12.3 Å². The third kappa shape index (κ3) is 5.35. The largest absolute Gasteiger partial charge is 0.462 e. The van der Waals surface area contributed by atoms with Gasteiger partial charge in [-0.25, -0.2) is 4.79 Å². The van der Waals surface area contributed by atoms with Crippen molar-refractivity contribution in [2.24, 2.45) is 0 Å². The van der Waals surface area contributed by atoms with Crippen molar-refractivity contribution in [1.82, 2.24) is 0 Å². The van der Waals surface area contributed by atoms with E-state index in [-0.39, 0.29) is 12.5 Å². The molecule has 0 saturated carbocycles. The van der Waals surface area contributed by atoms with E-state index in [1.54, 1.807) is 49.4 Å². The predicted octanol–water partition coefficient (Wildman–Crippen LogP) is 4.31. The van der Waals surface area contributed by atoms with E-state index in [9.17, 15) is 9.59 Å². The molecule has 140 valence electrons. The number of nitrogens with one attached hydrogen (secondary N) is 2. The number of hydrogen-bond acceptors (Lipinski definition) is 4. The first-order valence-corrected chi connectivity index (χ1v) is 9.02. The topological polar surface area (TPSA) is 67.4 Å². The van der Waals surface area contributed by atoms with Crippen LogP contribution in [0.3, 0.4) is 0 Å². The molecule has 5 heteroatoms. The maximum Gasteiger partial charge on any atom is 0.340 e. The molecule has 0 unspecified atom stereocenters. The molecule has 0 bridgehead atoms. The van der Waals surface area contributed by atoms with E-state index in [0.29, 0.717) is 28.1 Å². The second-order valence-corrected chi connectivity index (χ2v) is 5.91. The lowest BCUT2D eigenvalue weighted by molar-refractivity contribution is 0.0527. The first-order valence-electron chi connectivity index (χ1n) is 9.02. The van der Waals surface area contributed by atoms with Crippen LogP contribution >= 0.6 is 0 Å². The highest BCUT2D eigenvalue weighted by Crippen LogP contribution is 2.22. The van der Waals surface area contributed by atoms with E-state index in [4.69, 9.17) is 11.2 Å². The van der Waals surface area contributed by atoms with E-state index in [0.717, 1.165) is 19.4 Å². The number of anilines is 2. The SMILES string of the molecule is C#Cc1ccc(NCCCC)c(C(=O)Nc2ccccc2C(=O)OCC)c1. The second-order valence-electron chi connectivity index (χ2n) is 5.91. The van der Waals surface area contributed by atoms with Crippen molar-refractivity contribution in [3.63, 3.8) is 0 Å². The minimum atomic E-state index is -0.480. The number of hydrogen-bond donors (Lipinski definition) is 2. The fraction of sp³-hybridized carbons (Fsp3) is 0.273. The molecule has 0 aliphatic rings. The van der Waals surface area contributed by atoms with Crippen molar-refractivity contribution in [3.8, 4) is 12.3 Å². The molecule has 0 saturated heterocycles. The smallest absolute Gasteiger partial charge is 0.340 e. The number of unbranched alkanes of at least 4 members (excludes halogenated alkanes) is 1. The van der Waals surface area contributed by atoms with Gasteiger partial charge in [0.15, 0.2) is 0 Å². The Kier molecular flexibility index (Phi) is 7.45. The number of terminal acetylenes is 1. The number of rotatable bonds is 8. The zero-order chi connectivity index (χ0) is 19.6. The Bertz CT molecular complexity index is 853. The van der Waals surface area contributed by atoms with Crippen LogP contribution in [0.4, 0.5) is 11.4 Å². The first-order chi connectivity index (χ1) is 13.1. The molecule has 0 radical (unpaired) electrons. The lowest BCUT2D eigenvalue weighted by atomic mass is 10.1. The normalized spacial score (nSPS) is 9.96. The Morgan fingerprint density at radius 2 is 1.85 bits per heavy atom. The number of esters is 1. The lowest BCUT2D eigenvalue weighted by Crippen LogP contribution is -2.18. The van der Waals surface area contributed by atoms with Crippen molar-refractivity contribution >= 4 is 23.3 Å². The molecule has 0 heterocycles. The van der Waals surface area contributed by atoms with Gasteiger partial charge in [-0.05, 0) is 43.7 Å². The molecule has 27 heavy (non-hydrogen) atoms. The van der Waals surface area contributed by atoms with Crippen LogP contribution in [0.25, 0.3) is 0 Å². The van der Waals surface area contributed by atoms with Crippen LogP contribution in [0.1, 0.15) is 53.0 Å². The highest BCUT2D eigenvalue weighted by Gasteiger charge is 2.17. The number of benzene rings is 2. The van der Waals surface area contributed by atoms with Gasteiger partial charge in [0, 0.05) is 17.8 Å².